The van der Waals surface area contributed by atoms with Gasteiger partial charge in [-0.2, -0.15) is 5.10 Å². The third-order valence-electron chi connectivity index (χ3n) is 4.68. The quantitative estimate of drug-likeness (QED) is 0.841. The predicted molar refractivity (Wildman–Crippen MR) is 89.5 cm³/mol. The summed E-state index contributed by atoms with van der Waals surface area (Å²) in [5.41, 5.74) is 4.04. The molecule has 0 bridgehead atoms. The zero-order valence-corrected chi connectivity index (χ0v) is 14.0. The first-order valence-electron chi connectivity index (χ1n) is 8.31. The lowest BCUT2D eigenvalue weighted by Crippen LogP contribution is -2.31. The Bertz CT molecular complexity index is 569. The van der Waals surface area contributed by atoms with Gasteiger partial charge in [0.25, 0.3) is 0 Å². The Hall–Kier alpha value is -1.39. The second kappa shape index (κ2) is 6.80. The molecule has 0 radical (unpaired) electrons. The molecule has 0 aromatic carbocycles. The molecule has 22 heavy (non-hydrogen) atoms. The molecular formula is C18H27N3O. The van der Waals surface area contributed by atoms with Gasteiger partial charge in [-0.05, 0) is 43.5 Å². The third-order valence-corrected chi connectivity index (χ3v) is 4.68. The molecule has 120 valence electrons. The third kappa shape index (κ3) is 3.50. The van der Waals surface area contributed by atoms with Gasteiger partial charge in [-0.25, -0.2) is 0 Å². The molecule has 2 aliphatic heterocycles. The van der Waals surface area contributed by atoms with E-state index in [1.54, 1.807) is 0 Å². The lowest BCUT2D eigenvalue weighted by molar-refractivity contribution is -0.0113. The van der Waals surface area contributed by atoms with Gasteiger partial charge in [-0.15, -0.1) is 0 Å². The van der Waals surface area contributed by atoms with Crippen LogP contribution < -0.4 is 0 Å². The molecule has 3 heterocycles. The molecule has 0 N–H and O–H groups in total. The molecule has 0 spiro atoms. The van der Waals surface area contributed by atoms with Crippen molar-refractivity contribution >= 4 is 5.57 Å². The molecule has 1 fully saturated rings. The highest BCUT2D eigenvalue weighted by atomic mass is 16.5. The summed E-state index contributed by atoms with van der Waals surface area (Å²) in [5.74, 6) is 1.12. The molecule has 1 saturated heterocycles. The maximum Gasteiger partial charge on any atom is 0.0568 e. The number of nitrogens with zero attached hydrogens (tertiary/aromatic N) is 3. The van der Waals surface area contributed by atoms with Crippen LogP contribution in [0.15, 0.2) is 30.1 Å². The van der Waals surface area contributed by atoms with Crippen LogP contribution in [0, 0.1) is 11.8 Å². The maximum atomic E-state index is 5.46. The highest BCUT2D eigenvalue weighted by molar-refractivity contribution is 5.79. The minimum atomic E-state index is 0.534. The van der Waals surface area contributed by atoms with Crippen molar-refractivity contribution in [3.05, 3.63) is 35.7 Å². The monoisotopic (exact) mass is 301 g/mol. The molecular weight excluding hydrogens is 274 g/mol. The minimum absolute atomic E-state index is 0.534. The van der Waals surface area contributed by atoms with Gasteiger partial charge in [0, 0.05) is 31.3 Å². The Morgan fingerprint density at radius 3 is 2.73 bits per heavy atom. The van der Waals surface area contributed by atoms with Gasteiger partial charge in [0.1, 0.15) is 0 Å². The topological polar surface area (TPSA) is 30.3 Å². The Kier molecular flexibility index (Phi) is 4.79. The van der Waals surface area contributed by atoms with Crippen molar-refractivity contribution in [3.8, 4) is 0 Å². The van der Waals surface area contributed by atoms with Gasteiger partial charge in [0.15, 0.2) is 0 Å². The Morgan fingerprint density at radius 1 is 1.27 bits per heavy atom. The standard InChI is InChI=1S/C18H27N3O/c1-14-5-4-7-20(2)8-6-17(16-12-22-13-16)18(9-14)15-10-19-21(3)11-15/h6,9-11,14,16H,4-5,7-8,12-13H2,1-3H3/b17-6-,18-9-. The number of rotatable bonds is 2. The first-order valence-corrected chi connectivity index (χ1v) is 8.31. The summed E-state index contributed by atoms with van der Waals surface area (Å²) in [6.45, 7) is 6.21. The van der Waals surface area contributed by atoms with Gasteiger partial charge in [-0.3, -0.25) is 4.68 Å². The predicted octanol–water partition coefficient (Wildman–Crippen LogP) is 2.74. The largest absolute Gasteiger partial charge is 0.380 e. The number of hydrogen-bond acceptors (Lipinski definition) is 3. The molecule has 1 atom stereocenters. The number of hydrogen-bond donors (Lipinski definition) is 0. The second-order valence-electron chi connectivity index (χ2n) is 6.76. The van der Waals surface area contributed by atoms with E-state index in [-0.39, 0.29) is 0 Å². The summed E-state index contributed by atoms with van der Waals surface area (Å²) in [6.07, 6.45) is 11.5. The van der Waals surface area contributed by atoms with Gasteiger partial charge in [0.05, 0.1) is 19.4 Å². The molecule has 3 rings (SSSR count). The Balaban J connectivity index is 1.99. The fraction of sp³-hybridized carbons (Fsp3) is 0.611. The van der Waals surface area contributed by atoms with E-state index in [0.29, 0.717) is 11.8 Å². The molecule has 1 aromatic heterocycles. The molecule has 1 aromatic rings. The van der Waals surface area contributed by atoms with E-state index in [0.717, 1.165) is 19.8 Å². The lowest BCUT2D eigenvalue weighted by atomic mass is 9.85. The van der Waals surface area contributed by atoms with Crippen molar-refractivity contribution in [2.24, 2.45) is 18.9 Å². The molecule has 4 nitrogen and oxygen atoms in total. The van der Waals surface area contributed by atoms with Crippen molar-refractivity contribution in [1.29, 1.82) is 0 Å². The molecule has 0 aliphatic carbocycles. The average Bonchev–Trinajstić information content (AvgIpc) is 2.85. The summed E-state index contributed by atoms with van der Waals surface area (Å²) >= 11 is 0. The minimum Gasteiger partial charge on any atom is -0.380 e. The Labute approximate surface area is 133 Å². The SMILES string of the molecule is CC1/C=C(c2cnn(C)c2)\C(C2COC2)=C/CN(C)CCC1. The summed E-state index contributed by atoms with van der Waals surface area (Å²) in [5, 5.41) is 4.37. The summed E-state index contributed by atoms with van der Waals surface area (Å²) in [6, 6.07) is 0. The van der Waals surface area contributed by atoms with E-state index in [1.807, 2.05) is 17.9 Å². The van der Waals surface area contributed by atoms with Crippen LogP contribution in [0.1, 0.15) is 25.3 Å². The number of ether oxygens (including phenoxy) is 1. The van der Waals surface area contributed by atoms with E-state index >= 15 is 0 Å². The van der Waals surface area contributed by atoms with Crippen LogP contribution >= 0.6 is 0 Å². The molecule has 2 aliphatic rings. The normalized spacial score (nSPS) is 30.0. The molecule has 0 saturated carbocycles. The molecule has 0 amide bonds. The summed E-state index contributed by atoms with van der Waals surface area (Å²) < 4.78 is 7.35. The molecule has 4 heteroatoms. The summed E-state index contributed by atoms with van der Waals surface area (Å²) in [7, 11) is 4.20. The zero-order chi connectivity index (χ0) is 15.5. The maximum absolute atomic E-state index is 5.46. The number of aryl methyl sites for hydroxylation is 1. The van der Waals surface area contributed by atoms with Crippen LogP contribution in [0.25, 0.3) is 5.57 Å². The van der Waals surface area contributed by atoms with Crippen molar-refractivity contribution in [1.82, 2.24) is 14.7 Å². The fourth-order valence-electron chi connectivity index (χ4n) is 3.23. The summed E-state index contributed by atoms with van der Waals surface area (Å²) in [4.78, 5) is 2.42. The lowest BCUT2D eigenvalue weighted by Gasteiger charge is -2.31. The number of aromatic nitrogens is 2. The fourth-order valence-corrected chi connectivity index (χ4v) is 3.23. The molecule has 1 unspecified atom stereocenters. The first kappa shape index (κ1) is 15.5. The van der Waals surface area contributed by atoms with Crippen molar-refractivity contribution in [3.63, 3.8) is 0 Å². The van der Waals surface area contributed by atoms with Crippen LogP contribution in [0.4, 0.5) is 0 Å². The average molecular weight is 301 g/mol. The van der Waals surface area contributed by atoms with Gasteiger partial charge in [0.2, 0.25) is 0 Å². The number of likely N-dealkylation sites (N-methyl/N-ethyl adjacent to an activating group) is 1. The van der Waals surface area contributed by atoms with Crippen LogP contribution in [-0.2, 0) is 11.8 Å². The van der Waals surface area contributed by atoms with E-state index in [4.69, 9.17) is 4.74 Å². The van der Waals surface area contributed by atoms with Crippen molar-refractivity contribution < 1.29 is 4.74 Å². The zero-order valence-electron chi connectivity index (χ0n) is 14.0. The van der Waals surface area contributed by atoms with Gasteiger partial charge in [-0.1, -0.05) is 19.1 Å². The highest BCUT2D eigenvalue weighted by Gasteiger charge is 2.27. The number of allylic oxidation sites excluding steroid dienone is 2. The van der Waals surface area contributed by atoms with E-state index in [1.165, 1.54) is 36.1 Å². The van der Waals surface area contributed by atoms with Crippen LogP contribution in [-0.4, -0.2) is 48.0 Å². The van der Waals surface area contributed by atoms with E-state index in [2.05, 4.69) is 42.3 Å². The van der Waals surface area contributed by atoms with Crippen LogP contribution in [0.2, 0.25) is 0 Å². The van der Waals surface area contributed by atoms with Gasteiger partial charge >= 0.3 is 0 Å². The van der Waals surface area contributed by atoms with Crippen molar-refractivity contribution in [2.45, 2.75) is 19.8 Å². The van der Waals surface area contributed by atoms with Crippen LogP contribution in [0.5, 0.6) is 0 Å². The smallest absolute Gasteiger partial charge is 0.0568 e. The van der Waals surface area contributed by atoms with E-state index in [9.17, 15) is 0 Å². The van der Waals surface area contributed by atoms with E-state index < -0.39 is 0 Å². The Morgan fingerprint density at radius 2 is 2.09 bits per heavy atom. The second-order valence-corrected chi connectivity index (χ2v) is 6.76. The van der Waals surface area contributed by atoms with Crippen molar-refractivity contribution in [2.75, 3.05) is 33.4 Å². The first-order chi connectivity index (χ1) is 10.6. The van der Waals surface area contributed by atoms with Crippen LogP contribution in [0.3, 0.4) is 0 Å². The highest BCUT2D eigenvalue weighted by Crippen LogP contribution is 2.34. The van der Waals surface area contributed by atoms with Gasteiger partial charge < -0.3 is 9.64 Å².